The van der Waals surface area contributed by atoms with Gasteiger partial charge in [0.2, 0.25) is 5.88 Å². The normalized spacial score (nSPS) is 21.1. The molecule has 1 saturated heterocycles. The summed E-state index contributed by atoms with van der Waals surface area (Å²) in [4.78, 5) is 18.1. The van der Waals surface area contributed by atoms with Gasteiger partial charge in [0.15, 0.2) is 0 Å². The lowest BCUT2D eigenvalue weighted by Gasteiger charge is -2.22. The first kappa shape index (κ1) is 17.3. The van der Waals surface area contributed by atoms with Crippen LogP contribution < -0.4 is 15.2 Å². The highest BCUT2D eigenvalue weighted by Gasteiger charge is 2.27. The fraction of sp³-hybridized carbons (Fsp3) is 0.526. The van der Waals surface area contributed by atoms with E-state index in [1.807, 2.05) is 11.1 Å². The number of aromatic nitrogens is 3. The Kier molecular flexibility index (Phi) is 5.11. The maximum absolute atomic E-state index is 11.6. The molecule has 0 spiro atoms. The number of rotatable bonds is 4. The average Bonchev–Trinajstić information content (AvgIpc) is 3.13. The Hall–Kier alpha value is -2.08. The van der Waals surface area contributed by atoms with E-state index < -0.39 is 0 Å². The molecule has 0 amide bonds. The number of H-pyrrole nitrogens is 1. The zero-order valence-electron chi connectivity index (χ0n) is 14.7. The molecule has 138 valence electrons. The van der Waals surface area contributed by atoms with Gasteiger partial charge in [-0.25, -0.2) is 10.1 Å². The summed E-state index contributed by atoms with van der Waals surface area (Å²) >= 11 is 6.11. The molecular formula is C19H23ClN4O2. The van der Waals surface area contributed by atoms with Crippen LogP contribution in [-0.2, 0) is 0 Å². The van der Waals surface area contributed by atoms with Gasteiger partial charge in [0.1, 0.15) is 11.1 Å². The van der Waals surface area contributed by atoms with Gasteiger partial charge in [-0.2, -0.15) is 5.10 Å². The van der Waals surface area contributed by atoms with Crippen molar-refractivity contribution in [3.63, 3.8) is 0 Å². The minimum absolute atomic E-state index is 0.0273. The van der Waals surface area contributed by atoms with Crippen LogP contribution in [0.5, 0.6) is 5.88 Å². The Morgan fingerprint density at radius 3 is 2.92 bits per heavy atom. The van der Waals surface area contributed by atoms with Gasteiger partial charge in [0, 0.05) is 25.2 Å². The van der Waals surface area contributed by atoms with Gasteiger partial charge in [-0.15, -0.1) is 0 Å². The van der Waals surface area contributed by atoms with Crippen LogP contribution in [0.4, 0.5) is 5.69 Å². The van der Waals surface area contributed by atoms with Crippen molar-refractivity contribution in [2.75, 3.05) is 18.0 Å². The van der Waals surface area contributed by atoms with E-state index in [4.69, 9.17) is 16.3 Å². The quantitative estimate of drug-likeness (QED) is 0.886. The van der Waals surface area contributed by atoms with Crippen LogP contribution in [-0.4, -0.2) is 34.4 Å². The predicted octanol–water partition coefficient (Wildman–Crippen LogP) is 3.52. The lowest BCUT2D eigenvalue weighted by atomic mass is 9.84. The Morgan fingerprint density at radius 2 is 2.08 bits per heavy atom. The first-order valence-electron chi connectivity index (χ1n) is 9.31. The molecule has 6 nitrogen and oxygen atoms in total. The molecule has 1 aliphatic heterocycles. The Balaban J connectivity index is 1.42. The van der Waals surface area contributed by atoms with Crippen molar-refractivity contribution in [2.24, 2.45) is 0 Å². The van der Waals surface area contributed by atoms with Gasteiger partial charge in [-0.05, 0) is 30.4 Å². The van der Waals surface area contributed by atoms with Gasteiger partial charge in [-0.3, -0.25) is 4.79 Å². The predicted molar refractivity (Wildman–Crippen MR) is 101 cm³/mol. The highest BCUT2D eigenvalue weighted by atomic mass is 35.5. The van der Waals surface area contributed by atoms with Crippen molar-refractivity contribution in [3.05, 3.63) is 45.5 Å². The van der Waals surface area contributed by atoms with Crippen molar-refractivity contribution in [3.8, 4) is 5.88 Å². The summed E-state index contributed by atoms with van der Waals surface area (Å²) in [6.07, 6.45) is 10.8. The summed E-state index contributed by atoms with van der Waals surface area (Å²) in [5.41, 5.74) is 1.63. The molecule has 1 N–H and O–H groups in total. The minimum Gasteiger partial charge on any atom is -0.472 e. The monoisotopic (exact) mass is 374 g/mol. The van der Waals surface area contributed by atoms with E-state index >= 15 is 0 Å². The second kappa shape index (κ2) is 7.66. The average molecular weight is 375 g/mol. The minimum atomic E-state index is -0.365. The molecule has 26 heavy (non-hydrogen) atoms. The second-order valence-electron chi connectivity index (χ2n) is 7.14. The van der Waals surface area contributed by atoms with E-state index in [0.717, 1.165) is 13.0 Å². The lowest BCUT2D eigenvalue weighted by Crippen LogP contribution is -2.26. The molecule has 1 atom stereocenters. The third kappa shape index (κ3) is 3.70. The van der Waals surface area contributed by atoms with Crippen LogP contribution in [0.25, 0.3) is 0 Å². The maximum Gasteiger partial charge on any atom is 0.285 e. The number of hydrogen-bond acceptors (Lipinski definition) is 5. The van der Waals surface area contributed by atoms with Crippen LogP contribution in [0.2, 0.25) is 5.02 Å². The summed E-state index contributed by atoms with van der Waals surface area (Å²) in [6, 6.07) is 4.21. The first-order valence-corrected chi connectivity index (χ1v) is 9.69. The zero-order valence-corrected chi connectivity index (χ0v) is 15.4. The molecular weight excluding hydrogens is 352 g/mol. The van der Waals surface area contributed by atoms with Crippen molar-refractivity contribution >= 4 is 17.3 Å². The SMILES string of the molecule is O=c1[nH]ncc(N2CC[C@@H](Oc3cc(C4CCCCC4)ccn3)C2)c1Cl. The number of halogens is 1. The number of aromatic amines is 1. The van der Waals surface area contributed by atoms with E-state index in [2.05, 4.69) is 27.3 Å². The second-order valence-corrected chi connectivity index (χ2v) is 7.51. The standard InChI is InChI=1S/C19H23ClN4O2/c20-18-16(11-22-23-19(18)25)24-9-7-15(12-24)26-17-10-14(6-8-21-17)13-4-2-1-3-5-13/h6,8,10-11,13,15H,1-5,7,9,12H2,(H,23,25)/t15-/m1/s1. The molecule has 0 radical (unpaired) electrons. The van der Waals surface area contributed by atoms with Gasteiger partial charge >= 0.3 is 0 Å². The third-order valence-electron chi connectivity index (χ3n) is 5.39. The van der Waals surface area contributed by atoms with Crippen molar-refractivity contribution < 1.29 is 4.74 Å². The van der Waals surface area contributed by atoms with Crippen LogP contribution in [0, 0.1) is 0 Å². The molecule has 2 fully saturated rings. The molecule has 2 aromatic rings. The molecule has 4 rings (SSSR count). The fourth-order valence-electron chi connectivity index (χ4n) is 3.99. The molecule has 7 heteroatoms. The molecule has 2 aromatic heterocycles. The molecule has 0 bridgehead atoms. The number of ether oxygens (including phenoxy) is 1. The number of nitrogens with zero attached hydrogens (tertiary/aromatic N) is 3. The number of nitrogens with one attached hydrogen (secondary N) is 1. The van der Waals surface area contributed by atoms with E-state index in [-0.39, 0.29) is 16.7 Å². The van der Waals surface area contributed by atoms with Gasteiger partial charge < -0.3 is 9.64 Å². The van der Waals surface area contributed by atoms with Gasteiger partial charge in [-0.1, -0.05) is 30.9 Å². The molecule has 3 heterocycles. The molecule has 2 aliphatic rings. The summed E-state index contributed by atoms with van der Waals surface area (Å²) < 4.78 is 6.13. The Bertz CT molecular complexity index is 819. The van der Waals surface area contributed by atoms with Gasteiger partial charge in [0.05, 0.1) is 18.4 Å². The van der Waals surface area contributed by atoms with Crippen LogP contribution in [0.1, 0.15) is 50.0 Å². The summed E-state index contributed by atoms with van der Waals surface area (Å²) in [5, 5.41) is 6.37. The number of anilines is 1. The Morgan fingerprint density at radius 1 is 1.23 bits per heavy atom. The summed E-state index contributed by atoms with van der Waals surface area (Å²) in [6.45, 7) is 1.44. The Labute approximate surface area is 157 Å². The van der Waals surface area contributed by atoms with E-state index in [1.54, 1.807) is 6.20 Å². The largest absolute Gasteiger partial charge is 0.472 e. The number of pyridine rings is 1. The molecule has 0 aromatic carbocycles. The van der Waals surface area contributed by atoms with Crippen molar-refractivity contribution in [1.29, 1.82) is 0 Å². The van der Waals surface area contributed by atoms with Crippen LogP contribution in [0.3, 0.4) is 0 Å². The van der Waals surface area contributed by atoms with E-state index in [0.29, 0.717) is 24.0 Å². The highest BCUT2D eigenvalue weighted by Crippen LogP contribution is 2.34. The topological polar surface area (TPSA) is 71.1 Å². The van der Waals surface area contributed by atoms with E-state index in [1.165, 1.54) is 37.7 Å². The third-order valence-corrected chi connectivity index (χ3v) is 5.75. The fourth-order valence-corrected chi connectivity index (χ4v) is 4.20. The van der Waals surface area contributed by atoms with Crippen LogP contribution in [0.15, 0.2) is 29.3 Å². The summed E-state index contributed by atoms with van der Waals surface area (Å²) in [7, 11) is 0. The first-order chi connectivity index (χ1) is 12.7. The maximum atomic E-state index is 11.6. The van der Waals surface area contributed by atoms with Crippen molar-refractivity contribution in [1.82, 2.24) is 15.2 Å². The van der Waals surface area contributed by atoms with Crippen LogP contribution >= 0.6 is 11.6 Å². The molecule has 0 unspecified atom stereocenters. The highest BCUT2D eigenvalue weighted by molar-refractivity contribution is 6.33. The molecule has 1 aliphatic carbocycles. The molecule has 1 saturated carbocycles. The smallest absolute Gasteiger partial charge is 0.285 e. The van der Waals surface area contributed by atoms with E-state index in [9.17, 15) is 4.79 Å². The van der Waals surface area contributed by atoms with Gasteiger partial charge in [0.25, 0.3) is 5.56 Å². The number of hydrogen-bond donors (Lipinski definition) is 1. The summed E-state index contributed by atoms with van der Waals surface area (Å²) in [5.74, 6) is 1.32. The zero-order chi connectivity index (χ0) is 17.9. The van der Waals surface area contributed by atoms with Crippen molar-refractivity contribution in [2.45, 2.75) is 50.5 Å². The lowest BCUT2D eigenvalue weighted by molar-refractivity contribution is 0.215.